The van der Waals surface area contributed by atoms with Gasteiger partial charge in [-0.05, 0) is 61.9 Å². The summed E-state index contributed by atoms with van der Waals surface area (Å²) in [5, 5.41) is 0. The Morgan fingerprint density at radius 1 is 0.750 bits per heavy atom. The molecule has 1 aliphatic heterocycles. The van der Waals surface area contributed by atoms with Crippen LogP contribution in [0.2, 0.25) is 0 Å². The van der Waals surface area contributed by atoms with Crippen molar-refractivity contribution < 1.29 is 22.8 Å². The average molecular weight is 439 g/mol. The molecule has 3 aromatic rings. The highest BCUT2D eigenvalue weighted by atomic mass is 19.4. The van der Waals surface area contributed by atoms with Gasteiger partial charge in [0.15, 0.2) is 0 Å². The lowest BCUT2D eigenvalue weighted by Gasteiger charge is -2.27. The van der Waals surface area contributed by atoms with Crippen LogP contribution in [0.1, 0.15) is 18.1 Å². The topological polar surface area (TPSA) is 43.9 Å². The predicted octanol–water partition coefficient (Wildman–Crippen LogP) is 6.74. The predicted molar refractivity (Wildman–Crippen MR) is 117 cm³/mol. The number of para-hydroxylation sites is 1. The highest BCUT2D eigenvalue weighted by Crippen LogP contribution is 2.43. The van der Waals surface area contributed by atoms with Crippen LogP contribution >= 0.6 is 0 Å². The van der Waals surface area contributed by atoms with Gasteiger partial charge in [0.25, 0.3) is 0 Å². The highest BCUT2D eigenvalue weighted by Gasteiger charge is 2.41. The molecule has 5 nitrogen and oxygen atoms in total. The molecule has 4 rings (SSSR count). The SMILES string of the molecule is CCN1C(=O)N(c2cccc(C)c2)C(=O)N(c2ccccc2)c2cc(C(F)(F)F)ccc21. The summed E-state index contributed by atoms with van der Waals surface area (Å²) in [4.78, 5) is 30.7. The number of hydrogen-bond acceptors (Lipinski definition) is 2. The minimum absolute atomic E-state index is 0.0126. The van der Waals surface area contributed by atoms with Gasteiger partial charge < -0.3 is 0 Å². The second-order valence-electron chi connectivity index (χ2n) is 7.36. The zero-order chi connectivity index (χ0) is 23.0. The molecule has 8 heteroatoms. The van der Waals surface area contributed by atoms with E-state index in [4.69, 9.17) is 0 Å². The zero-order valence-electron chi connectivity index (χ0n) is 17.4. The molecule has 0 radical (unpaired) electrons. The number of halogens is 3. The Morgan fingerprint density at radius 3 is 2.06 bits per heavy atom. The van der Waals surface area contributed by atoms with Gasteiger partial charge in [0.2, 0.25) is 0 Å². The number of fused-ring (bicyclic) bond motifs is 1. The number of carbonyl (C=O) groups excluding carboxylic acids is 2. The average Bonchev–Trinajstić information content (AvgIpc) is 2.84. The molecule has 164 valence electrons. The summed E-state index contributed by atoms with van der Waals surface area (Å²) in [5.74, 6) is 0. The molecule has 0 N–H and O–H groups in total. The maximum atomic E-state index is 13.8. The molecular weight excluding hydrogens is 419 g/mol. The van der Waals surface area contributed by atoms with Gasteiger partial charge in [-0.3, -0.25) is 9.80 Å². The summed E-state index contributed by atoms with van der Waals surface area (Å²) >= 11 is 0. The van der Waals surface area contributed by atoms with Crippen molar-refractivity contribution in [2.24, 2.45) is 0 Å². The van der Waals surface area contributed by atoms with Gasteiger partial charge >= 0.3 is 18.2 Å². The summed E-state index contributed by atoms with van der Waals surface area (Å²) in [6, 6.07) is 16.8. The van der Waals surface area contributed by atoms with Crippen LogP contribution in [-0.2, 0) is 6.18 Å². The molecular formula is C24H20F3N3O2. The Balaban J connectivity index is 2.00. The number of nitrogens with zero attached hydrogens (tertiary/aromatic N) is 3. The molecule has 0 saturated carbocycles. The molecule has 0 atom stereocenters. The number of amides is 4. The zero-order valence-corrected chi connectivity index (χ0v) is 17.4. The van der Waals surface area contributed by atoms with Crippen molar-refractivity contribution in [3.63, 3.8) is 0 Å². The van der Waals surface area contributed by atoms with Crippen molar-refractivity contribution in [2.45, 2.75) is 20.0 Å². The van der Waals surface area contributed by atoms with Gasteiger partial charge in [0, 0.05) is 6.54 Å². The van der Waals surface area contributed by atoms with E-state index in [0.717, 1.165) is 27.5 Å². The molecule has 3 aromatic carbocycles. The summed E-state index contributed by atoms with van der Waals surface area (Å²) in [6.45, 7) is 3.69. The summed E-state index contributed by atoms with van der Waals surface area (Å²) in [5.41, 5.74) is 0.819. The highest BCUT2D eigenvalue weighted by molar-refractivity contribution is 6.28. The van der Waals surface area contributed by atoms with Crippen LogP contribution in [0.5, 0.6) is 0 Å². The maximum absolute atomic E-state index is 13.8. The number of rotatable bonds is 3. The van der Waals surface area contributed by atoms with E-state index in [1.165, 1.54) is 11.0 Å². The number of anilines is 4. The third-order valence-electron chi connectivity index (χ3n) is 5.23. The molecule has 1 aliphatic rings. The fraction of sp³-hybridized carbons (Fsp3) is 0.167. The number of imide groups is 1. The van der Waals surface area contributed by atoms with Crippen LogP contribution in [0.15, 0.2) is 72.8 Å². The fourth-order valence-corrected chi connectivity index (χ4v) is 3.74. The van der Waals surface area contributed by atoms with Crippen LogP contribution in [0.4, 0.5) is 45.5 Å². The lowest BCUT2D eigenvalue weighted by molar-refractivity contribution is -0.137. The van der Waals surface area contributed by atoms with E-state index >= 15 is 0 Å². The Bertz CT molecular complexity index is 1180. The van der Waals surface area contributed by atoms with Crippen LogP contribution in [0.25, 0.3) is 0 Å². The quantitative estimate of drug-likeness (QED) is 0.454. The van der Waals surface area contributed by atoms with E-state index in [1.54, 1.807) is 55.5 Å². The Kier molecular flexibility index (Phi) is 5.38. The largest absolute Gasteiger partial charge is 0.416 e. The molecule has 0 aliphatic carbocycles. The van der Waals surface area contributed by atoms with Gasteiger partial charge in [-0.2, -0.15) is 13.2 Å². The first-order chi connectivity index (χ1) is 15.2. The van der Waals surface area contributed by atoms with Crippen molar-refractivity contribution in [3.8, 4) is 0 Å². The van der Waals surface area contributed by atoms with Crippen LogP contribution in [-0.4, -0.2) is 18.6 Å². The minimum atomic E-state index is -4.61. The molecule has 0 fully saturated rings. The molecule has 0 bridgehead atoms. The third kappa shape index (κ3) is 3.68. The maximum Gasteiger partial charge on any atom is 0.416 e. The molecule has 0 unspecified atom stereocenters. The number of urea groups is 2. The third-order valence-corrected chi connectivity index (χ3v) is 5.23. The van der Waals surface area contributed by atoms with Crippen molar-refractivity contribution in [2.75, 3.05) is 21.2 Å². The van der Waals surface area contributed by atoms with Crippen molar-refractivity contribution >= 4 is 34.8 Å². The van der Waals surface area contributed by atoms with E-state index in [1.807, 2.05) is 13.0 Å². The molecule has 4 amide bonds. The molecule has 1 heterocycles. The number of carbonyl (C=O) groups is 2. The summed E-state index contributed by atoms with van der Waals surface area (Å²) < 4.78 is 40.6. The van der Waals surface area contributed by atoms with Gasteiger partial charge in [-0.25, -0.2) is 14.5 Å². The van der Waals surface area contributed by atoms with E-state index in [2.05, 4.69) is 0 Å². The fourth-order valence-electron chi connectivity index (χ4n) is 3.74. The number of aryl methyl sites for hydroxylation is 1. The summed E-state index contributed by atoms with van der Waals surface area (Å²) in [7, 11) is 0. The van der Waals surface area contributed by atoms with Crippen LogP contribution in [0.3, 0.4) is 0 Å². The van der Waals surface area contributed by atoms with Crippen molar-refractivity contribution in [1.29, 1.82) is 0 Å². The van der Waals surface area contributed by atoms with E-state index in [9.17, 15) is 22.8 Å². The second kappa shape index (κ2) is 8.03. The number of hydrogen-bond donors (Lipinski definition) is 0. The standard InChI is InChI=1S/C24H20F3N3O2/c1-3-28-20-13-12-17(24(25,26)27)15-21(20)29(18-9-5-4-6-10-18)23(32)30(22(28)31)19-11-7-8-16(2)14-19/h4-15H,3H2,1-2H3. The van der Waals surface area contributed by atoms with Gasteiger partial charge in [0.1, 0.15) is 0 Å². The molecule has 0 saturated heterocycles. The first kappa shape index (κ1) is 21.4. The van der Waals surface area contributed by atoms with E-state index < -0.39 is 23.8 Å². The van der Waals surface area contributed by atoms with E-state index in [0.29, 0.717) is 11.4 Å². The smallest absolute Gasteiger partial charge is 0.292 e. The first-order valence-corrected chi connectivity index (χ1v) is 10.0. The molecule has 32 heavy (non-hydrogen) atoms. The minimum Gasteiger partial charge on any atom is -0.292 e. The van der Waals surface area contributed by atoms with Gasteiger partial charge in [0.05, 0.1) is 28.3 Å². The first-order valence-electron chi connectivity index (χ1n) is 10.0. The van der Waals surface area contributed by atoms with Gasteiger partial charge in [-0.15, -0.1) is 0 Å². The van der Waals surface area contributed by atoms with Gasteiger partial charge in [-0.1, -0.05) is 30.3 Å². The molecule has 0 aromatic heterocycles. The number of alkyl halides is 3. The lowest BCUT2D eigenvalue weighted by atomic mass is 10.1. The Morgan fingerprint density at radius 2 is 1.44 bits per heavy atom. The monoisotopic (exact) mass is 439 g/mol. The van der Waals surface area contributed by atoms with Crippen molar-refractivity contribution in [1.82, 2.24) is 0 Å². The Labute approximate surface area is 183 Å². The van der Waals surface area contributed by atoms with E-state index in [-0.39, 0.29) is 17.9 Å². The lowest BCUT2D eigenvalue weighted by Crippen LogP contribution is -2.48. The molecule has 0 spiro atoms. The summed E-state index contributed by atoms with van der Waals surface area (Å²) in [6.07, 6.45) is -4.61. The van der Waals surface area contributed by atoms with Crippen LogP contribution < -0.4 is 14.7 Å². The van der Waals surface area contributed by atoms with Crippen molar-refractivity contribution in [3.05, 3.63) is 83.9 Å². The Hall–Kier alpha value is -3.81. The second-order valence-corrected chi connectivity index (χ2v) is 7.36. The van der Waals surface area contributed by atoms with Crippen LogP contribution in [0, 0.1) is 6.92 Å². The normalized spacial score (nSPS) is 14.5. The number of benzene rings is 3.